The van der Waals surface area contributed by atoms with E-state index in [0.717, 1.165) is 11.3 Å². The van der Waals surface area contributed by atoms with E-state index in [-0.39, 0.29) is 42.5 Å². The lowest BCUT2D eigenvalue weighted by atomic mass is 9.77. The van der Waals surface area contributed by atoms with Crippen LogP contribution in [0.4, 0.5) is 0 Å². The number of hydrogen-bond acceptors (Lipinski definition) is 5. The van der Waals surface area contributed by atoms with Gasteiger partial charge in [-0.3, -0.25) is 19.4 Å². The highest BCUT2D eigenvalue weighted by molar-refractivity contribution is 5.99. The number of fused-ring (bicyclic) bond motifs is 1. The zero-order valence-electron chi connectivity index (χ0n) is 17.3. The fourth-order valence-electron chi connectivity index (χ4n) is 4.33. The van der Waals surface area contributed by atoms with Crippen LogP contribution in [0.2, 0.25) is 0 Å². The summed E-state index contributed by atoms with van der Waals surface area (Å²) in [5.41, 5.74) is 1.57. The molecule has 1 fully saturated rings. The van der Waals surface area contributed by atoms with Crippen LogP contribution >= 0.6 is 0 Å². The Morgan fingerprint density at radius 2 is 2.00 bits per heavy atom. The largest absolute Gasteiger partial charge is 0.354 e. The van der Waals surface area contributed by atoms with E-state index in [9.17, 15) is 14.4 Å². The SMILES string of the molecule is Cc1cnc(C(=O)N2C[C@@H](C(=O)NC(C)C)[C@@]3(Cc4ccccc4C(=O)N3)C2)cn1. The van der Waals surface area contributed by atoms with Crippen molar-refractivity contribution >= 4 is 17.7 Å². The predicted molar refractivity (Wildman–Crippen MR) is 110 cm³/mol. The standard InChI is InChI=1S/C22H25N5O3/c1-13(2)25-20(29)17-11-27(21(30)18-10-23-14(3)9-24-18)12-22(17)8-15-6-4-5-7-16(15)19(28)26-22/h4-7,9-10,13,17H,8,11-12H2,1-3H3,(H,25,29)(H,26,28)/t17-,22+/m0/s1. The lowest BCUT2D eigenvalue weighted by Gasteiger charge is -2.39. The minimum absolute atomic E-state index is 0.0474. The molecule has 1 aromatic carbocycles. The Hall–Kier alpha value is -3.29. The minimum Gasteiger partial charge on any atom is -0.354 e. The van der Waals surface area contributed by atoms with Gasteiger partial charge >= 0.3 is 0 Å². The van der Waals surface area contributed by atoms with E-state index in [1.165, 1.54) is 6.20 Å². The van der Waals surface area contributed by atoms with Gasteiger partial charge < -0.3 is 15.5 Å². The van der Waals surface area contributed by atoms with Gasteiger partial charge in [0.15, 0.2) is 0 Å². The first-order valence-electron chi connectivity index (χ1n) is 10.1. The van der Waals surface area contributed by atoms with Crippen LogP contribution in [0, 0.1) is 12.8 Å². The Kier molecular flexibility index (Phi) is 5.01. The molecular weight excluding hydrogens is 382 g/mol. The summed E-state index contributed by atoms with van der Waals surface area (Å²) < 4.78 is 0. The summed E-state index contributed by atoms with van der Waals surface area (Å²) in [6.45, 7) is 6.01. The number of rotatable bonds is 3. The van der Waals surface area contributed by atoms with Gasteiger partial charge in [0, 0.05) is 30.9 Å². The first-order chi connectivity index (χ1) is 14.3. The molecule has 1 aromatic heterocycles. The molecule has 2 N–H and O–H groups in total. The quantitative estimate of drug-likeness (QED) is 0.793. The van der Waals surface area contributed by atoms with Crippen LogP contribution in [0.15, 0.2) is 36.7 Å². The maximum absolute atomic E-state index is 13.1. The molecule has 0 unspecified atom stereocenters. The van der Waals surface area contributed by atoms with Gasteiger partial charge in [-0.05, 0) is 38.8 Å². The van der Waals surface area contributed by atoms with Crippen molar-refractivity contribution in [3.63, 3.8) is 0 Å². The van der Waals surface area contributed by atoms with Gasteiger partial charge in [-0.15, -0.1) is 0 Å². The maximum atomic E-state index is 13.1. The van der Waals surface area contributed by atoms with E-state index in [4.69, 9.17) is 0 Å². The van der Waals surface area contributed by atoms with Crippen molar-refractivity contribution in [2.75, 3.05) is 13.1 Å². The number of hydrogen-bond donors (Lipinski definition) is 2. The third-order valence-corrected chi connectivity index (χ3v) is 5.71. The zero-order valence-corrected chi connectivity index (χ0v) is 17.3. The van der Waals surface area contributed by atoms with Crippen LogP contribution in [-0.2, 0) is 11.2 Å². The third kappa shape index (κ3) is 3.53. The fraction of sp³-hybridized carbons (Fsp3) is 0.409. The highest BCUT2D eigenvalue weighted by atomic mass is 16.2. The number of nitrogens with zero attached hydrogens (tertiary/aromatic N) is 3. The number of benzene rings is 1. The maximum Gasteiger partial charge on any atom is 0.274 e. The smallest absolute Gasteiger partial charge is 0.274 e. The van der Waals surface area contributed by atoms with Gasteiger partial charge in [0.05, 0.1) is 23.3 Å². The van der Waals surface area contributed by atoms with Gasteiger partial charge in [-0.1, -0.05) is 18.2 Å². The molecule has 0 saturated carbocycles. The number of carbonyl (C=O) groups excluding carboxylic acids is 3. The van der Waals surface area contributed by atoms with E-state index >= 15 is 0 Å². The van der Waals surface area contributed by atoms with Crippen molar-refractivity contribution in [2.45, 2.75) is 38.8 Å². The van der Waals surface area contributed by atoms with Crippen LogP contribution < -0.4 is 10.6 Å². The van der Waals surface area contributed by atoms with Gasteiger partial charge in [-0.25, -0.2) is 4.98 Å². The molecule has 1 spiro atoms. The van der Waals surface area contributed by atoms with E-state index < -0.39 is 11.5 Å². The van der Waals surface area contributed by atoms with Crippen LogP contribution in [0.25, 0.3) is 0 Å². The summed E-state index contributed by atoms with van der Waals surface area (Å²) in [4.78, 5) is 48.9. The minimum atomic E-state index is -0.863. The summed E-state index contributed by atoms with van der Waals surface area (Å²) in [5, 5.41) is 6.01. The van der Waals surface area contributed by atoms with E-state index in [1.54, 1.807) is 24.1 Å². The number of aromatic nitrogens is 2. The van der Waals surface area contributed by atoms with Gasteiger partial charge in [0.25, 0.3) is 11.8 Å². The number of carbonyl (C=O) groups is 3. The zero-order chi connectivity index (χ0) is 21.5. The molecule has 3 amide bonds. The summed E-state index contributed by atoms with van der Waals surface area (Å²) >= 11 is 0. The Balaban J connectivity index is 1.68. The first-order valence-corrected chi connectivity index (χ1v) is 10.1. The van der Waals surface area contributed by atoms with E-state index in [1.807, 2.05) is 32.0 Å². The highest BCUT2D eigenvalue weighted by Crippen LogP contribution is 2.36. The molecule has 0 bridgehead atoms. The second-order valence-corrected chi connectivity index (χ2v) is 8.39. The molecule has 4 rings (SSSR count). The van der Waals surface area contributed by atoms with Gasteiger partial charge in [-0.2, -0.15) is 0 Å². The monoisotopic (exact) mass is 407 g/mol. The second-order valence-electron chi connectivity index (χ2n) is 8.39. The summed E-state index contributed by atoms with van der Waals surface area (Å²) in [6, 6.07) is 7.34. The fourth-order valence-corrected chi connectivity index (χ4v) is 4.33. The second kappa shape index (κ2) is 7.51. The van der Waals surface area contributed by atoms with Crippen molar-refractivity contribution in [1.29, 1.82) is 0 Å². The molecule has 1 saturated heterocycles. The average molecular weight is 407 g/mol. The molecule has 30 heavy (non-hydrogen) atoms. The van der Waals surface area contributed by atoms with Crippen LogP contribution in [0.3, 0.4) is 0 Å². The van der Waals surface area contributed by atoms with Crippen molar-refractivity contribution in [3.05, 3.63) is 59.2 Å². The third-order valence-electron chi connectivity index (χ3n) is 5.71. The lowest BCUT2D eigenvalue weighted by molar-refractivity contribution is -0.126. The Morgan fingerprint density at radius 1 is 1.23 bits per heavy atom. The molecule has 2 aliphatic heterocycles. The number of amides is 3. The number of nitrogens with one attached hydrogen (secondary N) is 2. The number of aryl methyl sites for hydroxylation is 1. The Bertz CT molecular complexity index is 1000. The van der Waals surface area contributed by atoms with Crippen LogP contribution in [0.1, 0.15) is 46.0 Å². The lowest BCUT2D eigenvalue weighted by Crippen LogP contribution is -2.62. The summed E-state index contributed by atoms with van der Waals surface area (Å²) in [5.74, 6) is -1.26. The van der Waals surface area contributed by atoms with Crippen molar-refractivity contribution in [3.8, 4) is 0 Å². The Morgan fingerprint density at radius 3 is 2.70 bits per heavy atom. The first kappa shape index (κ1) is 20.0. The van der Waals surface area contributed by atoms with Gasteiger partial charge in [0.1, 0.15) is 5.69 Å². The molecular formula is C22H25N5O3. The van der Waals surface area contributed by atoms with Gasteiger partial charge in [0.2, 0.25) is 5.91 Å². The molecule has 2 atom stereocenters. The van der Waals surface area contributed by atoms with Crippen molar-refractivity contribution in [1.82, 2.24) is 25.5 Å². The van der Waals surface area contributed by atoms with Crippen molar-refractivity contribution in [2.24, 2.45) is 5.92 Å². The van der Waals surface area contributed by atoms with Crippen molar-refractivity contribution < 1.29 is 14.4 Å². The topological polar surface area (TPSA) is 104 Å². The molecule has 2 aromatic rings. The molecule has 2 aliphatic rings. The van der Waals surface area contributed by atoms with E-state index in [0.29, 0.717) is 12.0 Å². The molecule has 0 aliphatic carbocycles. The number of likely N-dealkylation sites (tertiary alicyclic amines) is 1. The predicted octanol–water partition coefficient (Wildman–Crippen LogP) is 1.11. The summed E-state index contributed by atoms with van der Waals surface area (Å²) in [7, 11) is 0. The van der Waals surface area contributed by atoms with Crippen LogP contribution in [0.5, 0.6) is 0 Å². The summed E-state index contributed by atoms with van der Waals surface area (Å²) in [6.07, 6.45) is 3.47. The normalized spacial score (nSPS) is 22.7. The molecule has 156 valence electrons. The van der Waals surface area contributed by atoms with Crippen LogP contribution in [-0.4, -0.2) is 57.3 Å². The highest BCUT2D eigenvalue weighted by Gasteiger charge is 2.54. The molecule has 8 heteroatoms. The molecule has 0 radical (unpaired) electrons. The molecule has 3 heterocycles. The molecule has 8 nitrogen and oxygen atoms in total. The average Bonchev–Trinajstić information content (AvgIpc) is 3.06. The Labute approximate surface area is 175 Å². The van der Waals surface area contributed by atoms with E-state index in [2.05, 4.69) is 20.6 Å².